The molecule has 3 aromatic rings. The van der Waals surface area contributed by atoms with Crippen LogP contribution in [0.5, 0.6) is 5.88 Å². The van der Waals surface area contributed by atoms with E-state index in [4.69, 9.17) is 4.74 Å². The number of hydrogen-bond donors (Lipinski definition) is 2. The van der Waals surface area contributed by atoms with Crippen molar-refractivity contribution in [2.45, 2.75) is 19.6 Å². The first-order valence-corrected chi connectivity index (χ1v) is 8.76. The molecule has 0 atom stereocenters. The maximum absolute atomic E-state index is 5.08. The van der Waals surface area contributed by atoms with Crippen LogP contribution in [0.25, 0.3) is 0 Å². The fourth-order valence-corrected chi connectivity index (χ4v) is 2.67. The smallest absolute Gasteiger partial charge is 0.212 e. The second-order valence-electron chi connectivity index (χ2n) is 5.96. The average Bonchev–Trinajstić information content (AvgIpc) is 3.23. The fourth-order valence-electron chi connectivity index (χ4n) is 2.67. The maximum atomic E-state index is 5.08. The summed E-state index contributed by atoms with van der Waals surface area (Å²) in [5.74, 6) is 1.34. The first-order chi connectivity index (χ1) is 13.3. The molecule has 2 aromatic heterocycles. The van der Waals surface area contributed by atoms with Crippen LogP contribution >= 0.6 is 24.0 Å². The summed E-state index contributed by atoms with van der Waals surface area (Å²) in [5.41, 5.74) is 3.49. The van der Waals surface area contributed by atoms with E-state index in [1.54, 1.807) is 26.6 Å². The van der Waals surface area contributed by atoms with Crippen LogP contribution in [-0.2, 0) is 19.6 Å². The highest BCUT2D eigenvalue weighted by Crippen LogP contribution is 2.10. The lowest BCUT2D eigenvalue weighted by atomic mass is 10.1. The molecule has 3 rings (SSSR count). The number of halogens is 1. The number of guanidine groups is 1. The van der Waals surface area contributed by atoms with Gasteiger partial charge in [0, 0.05) is 44.8 Å². The van der Waals surface area contributed by atoms with Crippen molar-refractivity contribution in [2.75, 3.05) is 14.2 Å². The molecule has 0 radical (unpaired) electrons. The number of ether oxygens (including phenoxy) is 1. The van der Waals surface area contributed by atoms with E-state index in [0.29, 0.717) is 19.0 Å². The molecule has 0 bridgehead atoms. The third-order valence-corrected chi connectivity index (χ3v) is 4.15. The Morgan fingerprint density at radius 2 is 1.86 bits per heavy atom. The number of aromatic nitrogens is 3. The van der Waals surface area contributed by atoms with E-state index in [2.05, 4.69) is 37.8 Å². The van der Waals surface area contributed by atoms with Crippen LogP contribution in [0, 0.1) is 0 Å². The van der Waals surface area contributed by atoms with E-state index in [9.17, 15) is 0 Å². The Balaban J connectivity index is 0.00000280. The van der Waals surface area contributed by atoms with E-state index >= 15 is 0 Å². The molecule has 8 heteroatoms. The Morgan fingerprint density at radius 1 is 1.07 bits per heavy atom. The number of hydrogen-bond acceptors (Lipinski definition) is 4. The van der Waals surface area contributed by atoms with Gasteiger partial charge in [-0.25, -0.2) is 4.98 Å². The van der Waals surface area contributed by atoms with E-state index < -0.39 is 0 Å². The Hall–Kier alpha value is -2.62. The lowest BCUT2D eigenvalue weighted by Crippen LogP contribution is -2.36. The zero-order valence-corrected chi connectivity index (χ0v) is 18.3. The summed E-state index contributed by atoms with van der Waals surface area (Å²) in [4.78, 5) is 8.50. The van der Waals surface area contributed by atoms with Crippen LogP contribution in [0.1, 0.15) is 16.7 Å². The summed E-state index contributed by atoms with van der Waals surface area (Å²) >= 11 is 0. The second-order valence-corrected chi connectivity index (χ2v) is 5.96. The Bertz CT molecular complexity index is 865. The minimum Gasteiger partial charge on any atom is -0.481 e. The number of aliphatic imine (C=N–C) groups is 1. The van der Waals surface area contributed by atoms with Crippen LogP contribution < -0.4 is 15.4 Å². The van der Waals surface area contributed by atoms with Crippen LogP contribution in [0.15, 0.2) is 66.0 Å². The molecule has 0 saturated carbocycles. The summed E-state index contributed by atoms with van der Waals surface area (Å²) < 4.78 is 7.00. The number of pyridine rings is 1. The highest BCUT2D eigenvalue weighted by atomic mass is 127. The first-order valence-electron chi connectivity index (χ1n) is 8.76. The van der Waals surface area contributed by atoms with Gasteiger partial charge in [0.2, 0.25) is 5.88 Å². The van der Waals surface area contributed by atoms with Crippen LogP contribution in [0.4, 0.5) is 0 Å². The van der Waals surface area contributed by atoms with Crippen LogP contribution in [0.3, 0.4) is 0 Å². The third-order valence-electron chi connectivity index (χ3n) is 4.15. The topological polar surface area (TPSA) is 76.4 Å². The highest BCUT2D eigenvalue weighted by Gasteiger charge is 2.05. The lowest BCUT2D eigenvalue weighted by Gasteiger charge is -2.14. The zero-order chi connectivity index (χ0) is 18.9. The van der Waals surface area contributed by atoms with Gasteiger partial charge < -0.3 is 15.4 Å². The number of methoxy groups -OCH3 is 1. The van der Waals surface area contributed by atoms with Gasteiger partial charge in [-0.1, -0.05) is 30.3 Å². The Morgan fingerprint density at radius 3 is 2.50 bits per heavy atom. The molecule has 0 saturated heterocycles. The Labute approximate surface area is 182 Å². The molecule has 28 heavy (non-hydrogen) atoms. The Kier molecular flexibility index (Phi) is 8.73. The van der Waals surface area contributed by atoms with Gasteiger partial charge in [0.05, 0.1) is 13.7 Å². The minimum atomic E-state index is 0. The van der Waals surface area contributed by atoms with Crippen molar-refractivity contribution in [3.05, 3.63) is 77.7 Å². The van der Waals surface area contributed by atoms with Crippen LogP contribution in [0.2, 0.25) is 0 Å². The normalized spacial score (nSPS) is 10.9. The molecule has 2 N–H and O–H groups in total. The van der Waals surface area contributed by atoms with Crippen molar-refractivity contribution in [1.82, 2.24) is 25.4 Å². The molecular formula is C20H25IN6O. The molecule has 0 amide bonds. The molecule has 0 spiro atoms. The van der Waals surface area contributed by atoms with Gasteiger partial charge in [-0.3, -0.25) is 9.67 Å². The first kappa shape index (κ1) is 21.7. The highest BCUT2D eigenvalue weighted by molar-refractivity contribution is 14.0. The maximum Gasteiger partial charge on any atom is 0.212 e. The summed E-state index contributed by atoms with van der Waals surface area (Å²) in [6, 6.07) is 14.1. The number of nitrogens with one attached hydrogen (secondary N) is 2. The number of benzene rings is 1. The molecule has 2 heterocycles. The van der Waals surface area contributed by atoms with Gasteiger partial charge >= 0.3 is 0 Å². The summed E-state index contributed by atoms with van der Waals surface area (Å²) in [6.45, 7) is 2.05. The van der Waals surface area contributed by atoms with Gasteiger partial charge in [-0.15, -0.1) is 24.0 Å². The molecule has 0 unspecified atom stereocenters. The van der Waals surface area contributed by atoms with E-state index in [1.807, 2.05) is 41.2 Å². The fraction of sp³-hybridized carbons (Fsp3) is 0.250. The zero-order valence-electron chi connectivity index (χ0n) is 16.0. The standard InChI is InChI=1S/C20H24N6O.HI/c1-21-20(23-13-16-8-9-19(27-2)22-12-16)24-14-17-6-3-4-7-18(17)15-26-11-5-10-25-26;/h3-12H,13-15H2,1-2H3,(H2,21,23,24);1H. The molecule has 1 aromatic carbocycles. The largest absolute Gasteiger partial charge is 0.481 e. The molecule has 148 valence electrons. The molecule has 0 fully saturated rings. The van der Waals surface area contributed by atoms with Crippen molar-refractivity contribution < 1.29 is 4.74 Å². The van der Waals surface area contributed by atoms with Gasteiger partial charge in [0.1, 0.15) is 0 Å². The molecule has 0 aliphatic heterocycles. The van der Waals surface area contributed by atoms with Crippen molar-refractivity contribution in [2.24, 2.45) is 4.99 Å². The molecule has 7 nitrogen and oxygen atoms in total. The van der Waals surface area contributed by atoms with Crippen molar-refractivity contribution in [3.8, 4) is 5.88 Å². The number of nitrogens with zero attached hydrogens (tertiary/aromatic N) is 4. The molecule has 0 aliphatic carbocycles. The van der Waals surface area contributed by atoms with E-state index in [1.165, 1.54) is 11.1 Å². The van der Waals surface area contributed by atoms with Crippen molar-refractivity contribution >= 4 is 29.9 Å². The molecule has 0 aliphatic rings. The average molecular weight is 492 g/mol. The summed E-state index contributed by atoms with van der Waals surface area (Å²) in [5, 5.41) is 10.9. The SMILES string of the molecule is CN=C(NCc1ccc(OC)nc1)NCc1ccccc1Cn1cccn1.I. The monoisotopic (exact) mass is 492 g/mol. The predicted molar refractivity (Wildman–Crippen MR) is 121 cm³/mol. The van der Waals surface area contributed by atoms with Crippen LogP contribution in [-0.4, -0.2) is 34.9 Å². The summed E-state index contributed by atoms with van der Waals surface area (Å²) in [7, 11) is 3.37. The van der Waals surface area contributed by atoms with Gasteiger partial charge in [-0.2, -0.15) is 5.10 Å². The van der Waals surface area contributed by atoms with Gasteiger partial charge in [0.25, 0.3) is 0 Å². The van der Waals surface area contributed by atoms with E-state index in [0.717, 1.165) is 18.1 Å². The van der Waals surface area contributed by atoms with Gasteiger partial charge in [-0.05, 0) is 22.8 Å². The van der Waals surface area contributed by atoms with E-state index in [-0.39, 0.29) is 24.0 Å². The van der Waals surface area contributed by atoms with Crippen molar-refractivity contribution in [3.63, 3.8) is 0 Å². The van der Waals surface area contributed by atoms with Gasteiger partial charge in [0.15, 0.2) is 5.96 Å². The quantitative estimate of drug-likeness (QED) is 0.302. The molecular weight excluding hydrogens is 467 g/mol. The lowest BCUT2D eigenvalue weighted by molar-refractivity contribution is 0.397. The second kappa shape index (κ2) is 11.3. The number of rotatable bonds is 7. The van der Waals surface area contributed by atoms with Crippen molar-refractivity contribution in [1.29, 1.82) is 0 Å². The summed E-state index contributed by atoms with van der Waals surface area (Å²) in [6.07, 6.45) is 5.55. The minimum absolute atomic E-state index is 0. The third kappa shape index (κ3) is 6.22. The predicted octanol–water partition coefficient (Wildman–Crippen LogP) is 2.82.